The first-order chi connectivity index (χ1) is 11.6. The number of rotatable bonds is 5. The average molecular weight is 329 g/mol. The monoisotopic (exact) mass is 329 g/mol. The lowest BCUT2D eigenvalue weighted by atomic mass is 10.0. The first-order valence-corrected chi connectivity index (χ1v) is 8.07. The molecule has 0 saturated carbocycles. The number of benzene rings is 1. The van der Waals surface area contributed by atoms with Gasteiger partial charge in [0.05, 0.1) is 11.8 Å². The lowest BCUT2D eigenvalue weighted by Gasteiger charge is -2.16. The maximum absolute atomic E-state index is 12.9. The normalized spacial score (nSPS) is 20.3. The Morgan fingerprint density at radius 2 is 2.04 bits per heavy atom. The third-order valence-electron chi connectivity index (χ3n) is 4.39. The number of hydrogen-bond donors (Lipinski definition) is 1. The molecule has 1 aromatic heterocycles. The molecule has 0 bridgehead atoms. The van der Waals surface area contributed by atoms with E-state index < -0.39 is 6.10 Å². The van der Waals surface area contributed by atoms with Gasteiger partial charge >= 0.3 is 0 Å². The van der Waals surface area contributed by atoms with Crippen LogP contribution in [0.3, 0.4) is 0 Å². The van der Waals surface area contributed by atoms with Gasteiger partial charge in [-0.2, -0.15) is 0 Å². The summed E-state index contributed by atoms with van der Waals surface area (Å²) in [6.07, 6.45) is 5.92. The van der Waals surface area contributed by atoms with E-state index in [4.69, 9.17) is 0 Å². The van der Waals surface area contributed by atoms with Gasteiger partial charge in [-0.1, -0.05) is 12.1 Å². The Kier molecular flexibility index (Phi) is 5.15. The van der Waals surface area contributed by atoms with Crippen LogP contribution in [0.2, 0.25) is 0 Å². The van der Waals surface area contributed by atoms with Crippen LogP contribution in [0, 0.1) is 11.7 Å². The molecule has 1 fully saturated rings. The van der Waals surface area contributed by atoms with Crippen molar-refractivity contribution in [1.29, 1.82) is 0 Å². The topological polar surface area (TPSA) is 66.3 Å². The summed E-state index contributed by atoms with van der Waals surface area (Å²) in [5.41, 5.74) is 1.75. The molecular weight excluding hydrogens is 309 g/mol. The zero-order valence-electron chi connectivity index (χ0n) is 13.3. The van der Waals surface area contributed by atoms with Crippen molar-refractivity contribution in [2.24, 2.45) is 5.92 Å². The third kappa shape index (κ3) is 4.14. The first kappa shape index (κ1) is 16.5. The van der Waals surface area contributed by atoms with Gasteiger partial charge in [-0.05, 0) is 30.5 Å². The Labute approximate surface area is 140 Å². The molecular formula is C18H20FN3O2. The van der Waals surface area contributed by atoms with Gasteiger partial charge in [0.25, 0.3) is 0 Å². The molecule has 1 aliphatic heterocycles. The van der Waals surface area contributed by atoms with Crippen molar-refractivity contribution in [2.45, 2.75) is 25.4 Å². The molecule has 0 radical (unpaired) electrons. The summed E-state index contributed by atoms with van der Waals surface area (Å²) in [5, 5.41) is 10.2. The molecule has 0 aliphatic carbocycles. The summed E-state index contributed by atoms with van der Waals surface area (Å²) in [5.74, 6) is -0.281. The predicted octanol–water partition coefficient (Wildman–Crippen LogP) is 1.61. The highest BCUT2D eigenvalue weighted by Gasteiger charge is 2.33. The molecule has 126 valence electrons. The number of aromatic nitrogens is 2. The van der Waals surface area contributed by atoms with E-state index in [0.29, 0.717) is 32.4 Å². The minimum Gasteiger partial charge on any atom is -0.391 e. The van der Waals surface area contributed by atoms with E-state index in [1.54, 1.807) is 35.6 Å². The van der Waals surface area contributed by atoms with Gasteiger partial charge in [-0.25, -0.2) is 4.39 Å². The number of amides is 1. The summed E-state index contributed by atoms with van der Waals surface area (Å²) in [7, 11) is 0. The number of carbonyl (C=O) groups is 1. The number of nitrogens with zero attached hydrogens (tertiary/aromatic N) is 3. The fourth-order valence-electron chi connectivity index (χ4n) is 3.02. The van der Waals surface area contributed by atoms with Crippen molar-refractivity contribution in [3.8, 4) is 0 Å². The predicted molar refractivity (Wildman–Crippen MR) is 86.5 cm³/mol. The molecule has 1 aliphatic rings. The minimum atomic E-state index is -0.540. The second-order valence-electron chi connectivity index (χ2n) is 6.15. The smallest absolute Gasteiger partial charge is 0.223 e. The van der Waals surface area contributed by atoms with Crippen molar-refractivity contribution in [1.82, 2.24) is 14.9 Å². The molecule has 0 unspecified atom stereocenters. The van der Waals surface area contributed by atoms with Crippen LogP contribution in [-0.2, 0) is 17.6 Å². The fraction of sp³-hybridized carbons (Fsp3) is 0.389. The van der Waals surface area contributed by atoms with Crippen LogP contribution in [0.5, 0.6) is 0 Å². The second kappa shape index (κ2) is 7.49. The lowest BCUT2D eigenvalue weighted by molar-refractivity contribution is -0.130. The summed E-state index contributed by atoms with van der Waals surface area (Å²) in [4.78, 5) is 22.3. The Hall–Kier alpha value is -2.34. The molecule has 1 aromatic carbocycles. The maximum Gasteiger partial charge on any atom is 0.223 e. The van der Waals surface area contributed by atoms with E-state index in [1.165, 1.54) is 12.1 Å². The molecule has 5 nitrogen and oxygen atoms in total. The van der Waals surface area contributed by atoms with E-state index in [2.05, 4.69) is 9.97 Å². The first-order valence-electron chi connectivity index (χ1n) is 8.07. The largest absolute Gasteiger partial charge is 0.391 e. The second-order valence-corrected chi connectivity index (χ2v) is 6.15. The van der Waals surface area contributed by atoms with Gasteiger partial charge in [0, 0.05) is 44.0 Å². The van der Waals surface area contributed by atoms with Gasteiger partial charge in [0.1, 0.15) is 5.82 Å². The van der Waals surface area contributed by atoms with Crippen LogP contribution < -0.4 is 0 Å². The standard InChI is InChI=1S/C18H20FN3O2/c19-15-4-1-13(2-5-15)3-6-18(24)22-11-14(17(23)12-22)9-16-10-20-7-8-21-16/h1-2,4-5,7-8,10,14,17,23H,3,6,9,11-12H2/t14-,17-/m1/s1. The number of aliphatic hydroxyl groups is 1. The highest BCUT2D eigenvalue weighted by atomic mass is 19.1. The number of carbonyl (C=O) groups excluding carboxylic acids is 1. The number of halogens is 1. The molecule has 1 N–H and O–H groups in total. The molecule has 6 heteroatoms. The molecule has 1 saturated heterocycles. The molecule has 2 aromatic rings. The zero-order chi connectivity index (χ0) is 16.9. The van der Waals surface area contributed by atoms with Gasteiger partial charge in [-0.15, -0.1) is 0 Å². The van der Waals surface area contributed by atoms with Crippen LogP contribution in [-0.4, -0.2) is 45.1 Å². The van der Waals surface area contributed by atoms with Crippen LogP contribution in [0.4, 0.5) is 4.39 Å². The fourth-order valence-corrected chi connectivity index (χ4v) is 3.02. The Balaban J connectivity index is 1.52. The van der Waals surface area contributed by atoms with Crippen LogP contribution in [0.15, 0.2) is 42.9 Å². The van der Waals surface area contributed by atoms with Gasteiger partial charge < -0.3 is 10.0 Å². The quantitative estimate of drug-likeness (QED) is 0.905. The van der Waals surface area contributed by atoms with Crippen molar-refractivity contribution in [2.75, 3.05) is 13.1 Å². The SMILES string of the molecule is O=C(CCc1ccc(F)cc1)N1C[C@@H](Cc2cnccn2)[C@H](O)C1. The number of aryl methyl sites for hydroxylation is 1. The maximum atomic E-state index is 12.9. The Morgan fingerprint density at radius 1 is 1.25 bits per heavy atom. The molecule has 2 heterocycles. The number of hydrogen-bond acceptors (Lipinski definition) is 4. The zero-order valence-corrected chi connectivity index (χ0v) is 13.3. The minimum absolute atomic E-state index is 0.0139. The van der Waals surface area contributed by atoms with Gasteiger partial charge in [0.15, 0.2) is 0 Å². The van der Waals surface area contributed by atoms with Crippen molar-refractivity contribution >= 4 is 5.91 Å². The Bertz CT molecular complexity index is 678. The van der Waals surface area contributed by atoms with Gasteiger partial charge in [-0.3, -0.25) is 14.8 Å². The molecule has 3 rings (SSSR count). The van der Waals surface area contributed by atoms with Gasteiger partial charge in [0.2, 0.25) is 5.91 Å². The summed E-state index contributed by atoms with van der Waals surface area (Å²) >= 11 is 0. The summed E-state index contributed by atoms with van der Waals surface area (Å²) in [6.45, 7) is 0.882. The lowest BCUT2D eigenvalue weighted by Crippen LogP contribution is -2.29. The van der Waals surface area contributed by atoms with E-state index >= 15 is 0 Å². The summed E-state index contributed by atoms with van der Waals surface area (Å²) < 4.78 is 12.9. The number of β-amino-alcohol motifs (C(OH)–C–C–N with tert-alkyl or cyclic N) is 1. The molecule has 0 spiro atoms. The Morgan fingerprint density at radius 3 is 2.75 bits per heavy atom. The highest BCUT2D eigenvalue weighted by molar-refractivity contribution is 5.76. The highest BCUT2D eigenvalue weighted by Crippen LogP contribution is 2.21. The third-order valence-corrected chi connectivity index (χ3v) is 4.39. The van der Waals surface area contributed by atoms with E-state index in [0.717, 1.165) is 11.3 Å². The van der Waals surface area contributed by atoms with E-state index in [9.17, 15) is 14.3 Å². The van der Waals surface area contributed by atoms with Crippen LogP contribution in [0.1, 0.15) is 17.7 Å². The van der Waals surface area contributed by atoms with Crippen molar-refractivity contribution in [3.63, 3.8) is 0 Å². The average Bonchev–Trinajstić information content (AvgIpc) is 2.96. The van der Waals surface area contributed by atoms with Crippen molar-refractivity contribution < 1.29 is 14.3 Å². The van der Waals surface area contributed by atoms with E-state index in [-0.39, 0.29) is 17.6 Å². The van der Waals surface area contributed by atoms with Crippen molar-refractivity contribution in [3.05, 3.63) is 59.9 Å². The molecule has 2 atom stereocenters. The number of likely N-dealkylation sites (tertiary alicyclic amines) is 1. The molecule has 1 amide bonds. The van der Waals surface area contributed by atoms with Crippen LogP contribution in [0.25, 0.3) is 0 Å². The molecule has 24 heavy (non-hydrogen) atoms. The number of aliphatic hydroxyl groups excluding tert-OH is 1. The summed E-state index contributed by atoms with van der Waals surface area (Å²) in [6, 6.07) is 6.18. The van der Waals surface area contributed by atoms with Crippen LogP contribution >= 0.6 is 0 Å². The van der Waals surface area contributed by atoms with E-state index in [1.807, 2.05) is 0 Å².